The van der Waals surface area contributed by atoms with Gasteiger partial charge in [0.05, 0.1) is 6.20 Å². The lowest BCUT2D eigenvalue weighted by molar-refractivity contribution is 0.0698. The number of carboxylic acid groups (broad SMARTS) is 1. The van der Waals surface area contributed by atoms with Gasteiger partial charge in [-0.25, -0.2) is 4.79 Å². The molecule has 0 amide bonds. The maximum atomic E-state index is 10.3. The lowest BCUT2D eigenvalue weighted by Gasteiger charge is -1.89. The topological polar surface area (TPSA) is 105 Å². The van der Waals surface area contributed by atoms with Crippen LogP contribution in [0.5, 0.6) is 0 Å². The van der Waals surface area contributed by atoms with Crippen molar-refractivity contribution in [2.24, 2.45) is 0 Å². The molecule has 0 aliphatic rings. The molecule has 1 heterocycles. The van der Waals surface area contributed by atoms with Gasteiger partial charge < -0.3 is 10.8 Å². The van der Waals surface area contributed by atoms with Crippen molar-refractivity contribution in [3.05, 3.63) is 11.8 Å². The fraction of sp³-hybridized carbons (Fsp3) is 0. The molecule has 1 aromatic heterocycles. The molecule has 0 radical (unpaired) electrons. The number of nitrogen functional groups attached to an aromatic ring is 1. The number of anilines is 1. The Labute approximate surface area is 61.5 Å². The zero-order valence-corrected chi connectivity index (χ0v) is 5.35. The summed E-state index contributed by atoms with van der Waals surface area (Å²) in [4.78, 5) is 10.3. The Morgan fingerprint density at radius 2 is 2.55 bits per heavy atom. The number of carboxylic acids is 1. The highest BCUT2D eigenvalue weighted by atomic mass is 16.4. The lowest BCUT2D eigenvalue weighted by Crippen LogP contribution is -2.03. The van der Waals surface area contributed by atoms with Crippen LogP contribution in [-0.2, 0) is 0 Å². The van der Waals surface area contributed by atoms with E-state index in [2.05, 4.69) is 5.10 Å². The predicted molar refractivity (Wildman–Crippen MR) is 34.6 cm³/mol. The summed E-state index contributed by atoms with van der Waals surface area (Å²) in [5.41, 5.74) is 5.05. The second-order valence-electron chi connectivity index (χ2n) is 1.76. The molecule has 0 aliphatic carbocycles. The van der Waals surface area contributed by atoms with Gasteiger partial charge >= 0.3 is 5.97 Å². The number of hydrogen-bond acceptors (Lipinski definition) is 4. The number of nitriles is 1. The molecular formula is C5H4N4O2. The number of nitrogens with zero attached hydrogens (tertiary/aromatic N) is 3. The third kappa shape index (κ3) is 0.986. The van der Waals surface area contributed by atoms with E-state index in [0.717, 1.165) is 10.9 Å². The maximum absolute atomic E-state index is 10.3. The van der Waals surface area contributed by atoms with Gasteiger partial charge in [-0.15, -0.1) is 4.68 Å². The van der Waals surface area contributed by atoms with Gasteiger partial charge in [0.1, 0.15) is 5.56 Å². The van der Waals surface area contributed by atoms with Gasteiger partial charge in [0.2, 0.25) is 6.19 Å². The highest BCUT2D eigenvalue weighted by Crippen LogP contribution is 2.08. The van der Waals surface area contributed by atoms with Crippen molar-refractivity contribution in [2.45, 2.75) is 0 Å². The predicted octanol–water partition coefficient (Wildman–Crippen LogP) is -0.507. The second-order valence-corrected chi connectivity index (χ2v) is 1.76. The number of nitrogens with two attached hydrogens (primary N) is 1. The minimum atomic E-state index is -1.19. The summed E-state index contributed by atoms with van der Waals surface area (Å²) < 4.78 is 0.740. The fourth-order valence-electron chi connectivity index (χ4n) is 0.602. The Hall–Kier alpha value is -2.03. The zero-order chi connectivity index (χ0) is 8.43. The smallest absolute Gasteiger partial charge is 0.341 e. The van der Waals surface area contributed by atoms with E-state index in [-0.39, 0.29) is 11.4 Å². The van der Waals surface area contributed by atoms with Gasteiger partial charge in [0.15, 0.2) is 5.82 Å². The van der Waals surface area contributed by atoms with Crippen molar-refractivity contribution in [1.82, 2.24) is 9.78 Å². The third-order valence-electron chi connectivity index (χ3n) is 1.13. The van der Waals surface area contributed by atoms with Gasteiger partial charge in [0.25, 0.3) is 0 Å². The van der Waals surface area contributed by atoms with Crippen molar-refractivity contribution in [1.29, 1.82) is 5.26 Å². The number of aromatic nitrogens is 2. The average molecular weight is 152 g/mol. The molecule has 6 nitrogen and oxygen atoms in total. The quantitative estimate of drug-likeness (QED) is 0.563. The maximum Gasteiger partial charge on any atom is 0.341 e. The summed E-state index contributed by atoms with van der Waals surface area (Å²) in [6, 6.07) is 0. The van der Waals surface area contributed by atoms with Crippen LogP contribution in [0.25, 0.3) is 0 Å². The van der Waals surface area contributed by atoms with Crippen molar-refractivity contribution >= 4 is 11.8 Å². The first kappa shape index (κ1) is 7.08. The number of carbonyl (C=O) groups is 1. The van der Waals surface area contributed by atoms with Crippen molar-refractivity contribution in [3.8, 4) is 6.19 Å². The minimum Gasteiger partial charge on any atom is -0.477 e. The van der Waals surface area contributed by atoms with Crippen LogP contribution in [0.4, 0.5) is 5.82 Å². The first-order valence-corrected chi connectivity index (χ1v) is 2.63. The molecule has 0 aromatic carbocycles. The van der Waals surface area contributed by atoms with Crippen LogP contribution >= 0.6 is 0 Å². The SMILES string of the molecule is N#Cn1ncc(C(=O)O)c1N. The Bertz CT molecular complexity index is 335. The molecule has 0 fully saturated rings. The summed E-state index contributed by atoms with van der Waals surface area (Å²) in [7, 11) is 0. The van der Waals surface area contributed by atoms with E-state index < -0.39 is 5.97 Å². The minimum absolute atomic E-state index is 0.153. The van der Waals surface area contributed by atoms with Gasteiger partial charge in [0, 0.05) is 0 Å². The summed E-state index contributed by atoms with van der Waals surface area (Å²) in [5.74, 6) is -1.34. The van der Waals surface area contributed by atoms with Crippen LogP contribution in [-0.4, -0.2) is 20.9 Å². The first-order chi connectivity index (χ1) is 5.16. The van der Waals surface area contributed by atoms with E-state index in [4.69, 9.17) is 16.1 Å². The van der Waals surface area contributed by atoms with Gasteiger partial charge in [-0.2, -0.15) is 10.4 Å². The Morgan fingerprint density at radius 3 is 2.82 bits per heavy atom. The summed E-state index contributed by atoms with van der Waals surface area (Å²) in [6.07, 6.45) is 2.62. The molecule has 11 heavy (non-hydrogen) atoms. The van der Waals surface area contributed by atoms with E-state index in [1.807, 2.05) is 0 Å². The summed E-state index contributed by atoms with van der Waals surface area (Å²) in [5, 5.41) is 20.1. The molecule has 0 saturated heterocycles. The fourth-order valence-corrected chi connectivity index (χ4v) is 0.602. The molecule has 3 N–H and O–H groups in total. The Kier molecular flexibility index (Phi) is 1.48. The van der Waals surface area contributed by atoms with E-state index in [1.165, 1.54) is 0 Å². The zero-order valence-electron chi connectivity index (χ0n) is 5.35. The molecule has 0 spiro atoms. The molecular weight excluding hydrogens is 148 g/mol. The van der Waals surface area contributed by atoms with E-state index in [1.54, 1.807) is 6.19 Å². The summed E-state index contributed by atoms with van der Waals surface area (Å²) in [6.45, 7) is 0. The van der Waals surface area contributed by atoms with Crippen LogP contribution in [0, 0.1) is 11.5 Å². The monoisotopic (exact) mass is 152 g/mol. The molecule has 1 aromatic rings. The van der Waals surface area contributed by atoms with Crippen LogP contribution in [0.1, 0.15) is 10.4 Å². The molecule has 0 unspecified atom stereocenters. The number of hydrogen-bond donors (Lipinski definition) is 2. The van der Waals surface area contributed by atoms with E-state index in [9.17, 15) is 4.79 Å². The largest absolute Gasteiger partial charge is 0.477 e. The van der Waals surface area contributed by atoms with Gasteiger partial charge in [-0.3, -0.25) is 0 Å². The standard InChI is InChI=1S/C5H4N4O2/c6-2-9-4(7)3(1-8-9)5(10)11/h1H,7H2,(H,10,11). The van der Waals surface area contributed by atoms with Gasteiger partial charge in [-0.05, 0) is 0 Å². The Balaban J connectivity index is 3.24. The van der Waals surface area contributed by atoms with Crippen LogP contribution in [0.15, 0.2) is 6.20 Å². The Morgan fingerprint density at radius 1 is 1.91 bits per heavy atom. The molecule has 0 atom stereocenters. The highest BCUT2D eigenvalue weighted by Gasteiger charge is 2.12. The number of rotatable bonds is 1. The molecule has 56 valence electrons. The first-order valence-electron chi connectivity index (χ1n) is 2.63. The van der Waals surface area contributed by atoms with Crippen molar-refractivity contribution in [3.63, 3.8) is 0 Å². The van der Waals surface area contributed by atoms with Crippen LogP contribution < -0.4 is 5.73 Å². The normalized spacial score (nSPS) is 9.00. The van der Waals surface area contributed by atoms with Crippen LogP contribution in [0.2, 0.25) is 0 Å². The second kappa shape index (κ2) is 2.30. The van der Waals surface area contributed by atoms with Crippen molar-refractivity contribution in [2.75, 3.05) is 5.73 Å². The van der Waals surface area contributed by atoms with E-state index in [0.29, 0.717) is 0 Å². The molecule has 1 rings (SSSR count). The summed E-state index contributed by atoms with van der Waals surface area (Å²) >= 11 is 0. The van der Waals surface area contributed by atoms with Gasteiger partial charge in [-0.1, -0.05) is 0 Å². The molecule has 0 saturated carbocycles. The van der Waals surface area contributed by atoms with Crippen molar-refractivity contribution < 1.29 is 9.90 Å². The highest BCUT2D eigenvalue weighted by molar-refractivity contribution is 5.92. The van der Waals surface area contributed by atoms with E-state index >= 15 is 0 Å². The average Bonchev–Trinajstić information content (AvgIpc) is 2.30. The molecule has 0 aliphatic heterocycles. The molecule has 6 heteroatoms. The van der Waals surface area contributed by atoms with Crippen LogP contribution in [0.3, 0.4) is 0 Å². The molecule has 0 bridgehead atoms. The lowest BCUT2D eigenvalue weighted by atomic mass is 10.3. The number of aromatic carboxylic acids is 1. The third-order valence-corrected chi connectivity index (χ3v) is 1.13.